The molecule has 1 amide bonds. The van der Waals surface area contributed by atoms with Gasteiger partial charge in [-0.1, -0.05) is 6.42 Å². The maximum Gasteiger partial charge on any atom is 0.257 e. The Labute approximate surface area is 147 Å². The van der Waals surface area contributed by atoms with Gasteiger partial charge in [0, 0.05) is 23.6 Å². The molecule has 5 nitrogen and oxygen atoms in total. The van der Waals surface area contributed by atoms with Crippen LogP contribution in [0.1, 0.15) is 42.5 Å². The Morgan fingerprint density at radius 2 is 2.04 bits per heavy atom. The summed E-state index contributed by atoms with van der Waals surface area (Å²) < 4.78 is 5.22. The van der Waals surface area contributed by atoms with E-state index in [1.807, 2.05) is 24.3 Å². The Morgan fingerprint density at radius 1 is 1.28 bits per heavy atom. The summed E-state index contributed by atoms with van der Waals surface area (Å²) in [5.41, 5.74) is 2.89. The van der Waals surface area contributed by atoms with Crippen molar-refractivity contribution < 1.29 is 9.53 Å². The number of nitrogens with one attached hydrogen (secondary N) is 1. The minimum atomic E-state index is 0.133. The van der Waals surface area contributed by atoms with Crippen LogP contribution in [0.4, 0.5) is 0 Å². The number of hydrogen-bond acceptors (Lipinski definition) is 3. The molecule has 3 fully saturated rings. The Hall–Kier alpha value is -2.30. The number of nitrogens with zero attached hydrogens (tertiary/aromatic N) is 2. The standard InChI is InChI=1S/C20H23N3O2/c1-25-15-7-5-13(6-8-15)17-16(11-21-22-17)19(24)23-12-20(9-2-10-20)18(23)14-3-4-14/h5-8,11,14,18H,2-4,9-10,12H2,1H3,(H,21,22). The van der Waals surface area contributed by atoms with E-state index >= 15 is 0 Å². The van der Waals surface area contributed by atoms with Crippen LogP contribution in [0.3, 0.4) is 0 Å². The van der Waals surface area contributed by atoms with Crippen LogP contribution in [0.5, 0.6) is 5.75 Å². The van der Waals surface area contributed by atoms with E-state index in [1.165, 1.54) is 32.1 Å². The van der Waals surface area contributed by atoms with Crippen molar-refractivity contribution in [2.75, 3.05) is 13.7 Å². The predicted octanol–water partition coefficient (Wildman–Crippen LogP) is 3.49. The van der Waals surface area contributed by atoms with Gasteiger partial charge in [-0.15, -0.1) is 0 Å². The summed E-state index contributed by atoms with van der Waals surface area (Å²) in [6.07, 6.45) is 8.18. The maximum absolute atomic E-state index is 13.2. The first-order valence-electron chi connectivity index (χ1n) is 9.21. The second-order valence-electron chi connectivity index (χ2n) is 7.82. The monoisotopic (exact) mass is 337 g/mol. The smallest absolute Gasteiger partial charge is 0.257 e. The number of likely N-dealkylation sites (tertiary alicyclic amines) is 1. The molecule has 1 aromatic carbocycles. The molecule has 3 aliphatic rings. The number of rotatable bonds is 4. The van der Waals surface area contributed by atoms with Crippen molar-refractivity contribution in [3.63, 3.8) is 0 Å². The molecule has 1 N–H and O–H groups in total. The van der Waals surface area contributed by atoms with Crippen molar-refractivity contribution in [1.82, 2.24) is 15.1 Å². The summed E-state index contributed by atoms with van der Waals surface area (Å²) in [7, 11) is 1.65. The van der Waals surface area contributed by atoms with Gasteiger partial charge in [0.1, 0.15) is 5.75 Å². The van der Waals surface area contributed by atoms with Crippen LogP contribution in [-0.2, 0) is 0 Å². The first-order chi connectivity index (χ1) is 12.2. The van der Waals surface area contributed by atoms with Crippen LogP contribution >= 0.6 is 0 Å². The molecule has 1 aliphatic heterocycles. The number of aromatic amines is 1. The fourth-order valence-corrected chi connectivity index (χ4v) is 4.78. The predicted molar refractivity (Wildman–Crippen MR) is 94.4 cm³/mol. The lowest BCUT2D eigenvalue weighted by atomic mass is 9.56. The van der Waals surface area contributed by atoms with Crippen molar-refractivity contribution >= 4 is 5.91 Å². The van der Waals surface area contributed by atoms with Crippen molar-refractivity contribution in [3.05, 3.63) is 36.0 Å². The first kappa shape index (κ1) is 15.0. The molecule has 2 aromatic rings. The minimum absolute atomic E-state index is 0.133. The topological polar surface area (TPSA) is 58.2 Å². The molecular formula is C20H23N3O2. The molecule has 2 aliphatic carbocycles. The van der Waals surface area contributed by atoms with E-state index in [0.29, 0.717) is 17.0 Å². The molecular weight excluding hydrogens is 314 g/mol. The average molecular weight is 337 g/mol. The summed E-state index contributed by atoms with van der Waals surface area (Å²) in [5.74, 6) is 1.67. The third kappa shape index (κ3) is 2.21. The van der Waals surface area contributed by atoms with E-state index in [4.69, 9.17) is 4.74 Å². The highest BCUT2D eigenvalue weighted by atomic mass is 16.5. The van der Waals surface area contributed by atoms with Gasteiger partial charge in [-0.05, 0) is 55.9 Å². The van der Waals surface area contributed by atoms with Crippen LogP contribution < -0.4 is 4.74 Å². The van der Waals surface area contributed by atoms with Crippen molar-refractivity contribution in [3.8, 4) is 17.0 Å². The van der Waals surface area contributed by atoms with E-state index in [9.17, 15) is 4.79 Å². The molecule has 1 atom stereocenters. The third-order valence-corrected chi connectivity index (χ3v) is 6.38. The molecule has 1 aromatic heterocycles. The molecule has 130 valence electrons. The molecule has 1 spiro atoms. The average Bonchev–Trinajstić information content (AvgIpc) is 3.25. The zero-order valence-corrected chi connectivity index (χ0v) is 14.5. The number of H-pyrrole nitrogens is 1. The molecule has 0 radical (unpaired) electrons. The fraction of sp³-hybridized carbons (Fsp3) is 0.500. The molecule has 5 heteroatoms. The molecule has 1 saturated heterocycles. The third-order valence-electron chi connectivity index (χ3n) is 6.38. The number of benzene rings is 1. The highest BCUT2D eigenvalue weighted by molar-refractivity contribution is 6.00. The second-order valence-corrected chi connectivity index (χ2v) is 7.82. The molecule has 2 saturated carbocycles. The lowest BCUT2D eigenvalue weighted by Gasteiger charge is -2.63. The second kappa shape index (κ2) is 5.35. The van der Waals surface area contributed by atoms with E-state index in [2.05, 4.69) is 15.1 Å². The zero-order valence-electron chi connectivity index (χ0n) is 14.5. The largest absolute Gasteiger partial charge is 0.497 e. The Morgan fingerprint density at radius 3 is 2.64 bits per heavy atom. The zero-order chi connectivity index (χ0) is 17.0. The van der Waals surface area contributed by atoms with E-state index in [1.54, 1.807) is 13.3 Å². The van der Waals surface area contributed by atoms with Crippen molar-refractivity contribution in [2.24, 2.45) is 11.3 Å². The number of carbonyl (C=O) groups is 1. The van der Waals surface area contributed by atoms with Crippen LogP contribution in [0, 0.1) is 11.3 Å². The first-order valence-corrected chi connectivity index (χ1v) is 9.21. The van der Waals surface area contributed by atoms with Gasteiger partial charge in [-0.25, -0.2) is 0 Å². The summed E-state index contributed by atoms with van der Waals surface area (Å²) in [6, 6.07) is 8.21. The fourth-order valence-electron chi connectivity index (χ4n) is 4.78. The van der Waals surface area contributed by atoms with E-state index in [-0.39, 0.29) is 5.91 Å². The van der Waals surface area contributed by atoms with Gasteiger partial charge in [-0.2, -0.15) is 5.10 Å². The molecule has 5 rings (SSSR count). The number of aromatic nitrogens is 2. The van der Waals surface area contributed by atoms with E-state index in [0.717, 1.165) is 29.5 Å². The van der Waals surface area contributed by atoms with Crippen molar-refractivity contribution in [1.29, 1.82) is 0 Å². The van der Waals surface area contributed by atoms with Crippen LogP contribution in [0.25, 0.3) is 11.3 Å². The number of amides is 1. The summed E-state index contributed by atoms with van der Waals surface area (Å²) in [4.78, 5) is 15.3. The summed E-state index contributed by atoms with van der Waals surface area (Å²) >= 11 is 0. The van der Waals surface area contributed by atoms with Crippen LogP contribution in [0.15, 0.2) is 30.5 Å². The van der Waals surface area contributed by atoms with Crippen LogP contribution in [-0.4, -0.2) is 40.7 Å². The van der Waals surface area contributed by atoms with E-state index < -0.39 is 0 Å². The normalized spacial score (nSPS) is 23.9. The number of carbonyl (C=O) groups excluding carboxylic acids is 1. The highest BCUT2D eigenvalue weighted by Gasteiger charge is 2.61. The van der Waals surface area contributed by atoms with Gasteiger partial charge in [0.25, 0.3) is 5.91 Å². The Kier molecular flexibility index (Phi) is 3.21. The van der Waals surface area contributed by atoms with Gasteiger partial charge < -0.3 is 9.64 Å². The quantitative estimate of drug-likeness (QED) is 0.929. The van der Waals surface area contributed by atoms with Gasteiger partial charge in [0.15, 0.2) is 0 Å². The lowest BCUT2D eigenvalue weighted by Crippen LogP contribution is -2.69. The van der Waals surface area contributed by atoms with Crippen molar-refractivity contribution in [2.45, 2.75) is 38.1 Å². The highest BCUT2D eigenvalue weighted by Crippen LogP contribution is 2.60. The lowest BCUT2D eigenvalue weighted by molar-refractivity contribution is -0.111. The molecule has 0 bridgehead atoms. The summed E-state index contributed by atoms with van der Waals surface area (Å²) in [6.45, 7) is 0.931. The molecule has 25 heavy (non-hydrogen) atoms. The maximum atomic E-state index is 13.2. The van der Waals surface area contributed by atoms with Gasteiger partial charge in [-0.3, -0.25) is 9.89 Å². The minimum Gasteiger partial charge on any atom is -0.497 e. The number of methoxy groups -OCH3 is 1. The van der Waals surface area contributed by atoms with Gasteiger partial charge in [0.05, 0.1) is 24.6 Å². The Balaban J connectivity index is 1.42. The number of ether oxygens (including phenoxy) is 1. The van der Waals surface area contributed by atoms with Crippen LogP contribution in [0.2, 0.25) is 0 Å². The number of hydrogen-bond donors (Lipinski definition) is 1. The Bertz CT molecular complexity index is 803. The summed E-state index contributed by atoms with van der Waals surface area (Å²) in [5, 5.41) is 7.17. The van der Waals surface area contributed by atoms with Gasteiger partial charge in [0.2, 0.25) is 0 Å². The van der Waals surface area contributed by atoms with Gasteiger partial charge >= 0.3 is 0 Å². The molecule has 1 unspecified atom stereocenters. The molecule has 2 heterocycles. The SMILES string of the molecule is COc1ccc(-c2[nH]ncc2C(=O)N2CC3(CCC3)C2C2CC2)cc1.